The van der Waals surface area contributed by atoms with Crippen molar-refractivity contribution in [3.63, 3.8) is 0 Å². The highest BCUT2D eigenvalue weighted by molar-refractivity contribution is 6.30. The summed E-state index contributed by atoms with van der Waals surface area (Å²) in [5.41, 5.74) is 0. The second-order valence-corrected chi connectivity index (χ2v) is 3.82. The van der Waals surface area contributed by atoms with Gasteiger partial charge in [-0.25, -0.2) is 0 Å². The molecule has 1 aromatic carbocycles. The molecule has 0 spiro atoms. The van der Waals surface area contributed by atoms with Crippen molar-refractivity contribution in [3.8, 4) is 5.75 Å². The highest BCUT2D eigenvalue weighted by Gasteiger charge is 2.03. The van der Waals surface area contributed by atoms with Crippen LogP contribution in [-0.2, 0) is 4.79 Å². The van der Waals surface area contributed by atoms with Gasteiger partial charge in [0.05, 0.1) is 0 Å². The van der Waals surface area contributed by atoms with Crippen molar-refractivity contribution in [2.45, 2.75) is 32.6 Å². The molecule has 1 rings (SSSR count). The van der Waals surface area contributed by atoms with E-state index in [-0.39, 0.29) is 5.97 Å². The van der Waals surface area contributed by atoms with Crippen molar-refractivity contribution < 1.29 is 9.53 Å². The average Bonchev–Trinajstić information content (AvgIpc) is 2.22. The van der Waals surface area contributed by atoms with E-state index in [0.717, 1.165) is 19.3 Å². The highest BCUT2D eigenvalue weighted by atomic mass is 35.5. The van der Waals surface area contributed by atoms with Crippen molar-refractivity contribution in [3.05, 3.63) is 29.3 Å². The van der Waals surface area contributed by atoms with Gasteiger partial charge in [-0.15, -0.1) is 0 Å². The van der Waals surface area contributed by atoms with Gasteiger partial charge in [-0.2, -0.15) is 0 Å². The molecule has 0 saturated carbocycles. The molecule has 0 fully saturated rings. The fourth-order valence-electron chi connectivity index (χ4n) is 1.20. The van der Waals surface area contributed by atoms with Crippen LogP contribution in [0.1, 0.15) is 32.6 Å². The van der Waals surface area contributed by atoms with Crippen molar-refractivity contribution in [2.75, 3.05) is 0 Å². The Morgan fingerprint density at radius 2 is 1.93 bits per heavy atom. The molecule has 3 heteroatoms. The van der Waals surface area contributed by atoms with Gasteiger partial charge in [-0.05, 0) is 30.7 Å². The number of esters is 1. The van der Waals surface area contributed by atoms with Gasteiger partial charge in [0.2, 0.25) is 0 Å². The number of carbonyl (C=O) groups is 1. The Labute approximate surface area is 95.2 Å². The van der Waals surface area contributed by atoms with Crippen molar-refractivity contribution >= 4 is 17.6 Å². The first kappa shape index (κ1) is 12.1. The summed E-state index contributed by atoms with van der Waals surface area (Å²) in [5, 5.41) is 0.640. The SMILES string of the molecule is CCCCCC(=O)Oc1ccc(Cl)cc1. The Morgan fingerprint density at radius 1 is 1.27 bits per heavy atom. The highest BCUT2D eigenvalue weighted by Crippen LogP contribution is 2.16. The van der Waals surface area contributed by atoms with Crippen LogP contribution in [-0.4, -0.2) is 5.97 Å². The van der Waals surface area contributed by atoms with E-state index < -0.39 is 0 Å². The van der Waals surface area contributed by atoms with Crippen molar-refractivity contribution in [1.29, 1.82) is 0 Å². The minimum atomic E-state index is -0.175. The summed E-state index contributed by atoms with van der Waals surface area (Å²) in [7, 11) is 0. The molecule has 0 N–H and O–H groups in total. The Balaban J connectivity index is 2.34. The molecule has 0 unspecified atom stereocenters. The molecule has 0 aliphatic rings. The third-order valence-electron chi connectivity index (χ3n) is 2.03. The Hall–Kier alpha value is -1.02. The lowest BCUT2D eigenvalue weighted by atomic mass is 10.2. The zero-order valence-electron chi connectivity index (χ0n) is 8.83. The van der Waals surface area contributed by atoms with Crippen LogP contribution < -0.4 is 4.74 Å². The van der Waals surface area contributed by atoms with Gasteiger partial charge >= 0.3 is 5.97 Å². The minimum Gasteiger partial charge on any atom is -0.427 e. The number of hydrogen-bond acceptors (Lipinski definition) is 2. The average molecular weight is 227 g/mol. The van der Waals surface area contributed by atoms with Crippen molar-refractivity contribution in [2.24, 2.45) is 0 Å². The maximum absolute atomic E-state index is 11.3. The van der Waals surface area contributed by atoms with E-state index >= 15 is 0 Å². The molecule has 15 heavy (non-hydrogen) atoms. The van der Waals surface area contributed by atoms with E-state index in [4.69, 9.17) is 16.3 Å². The predicted molar refractivity (Wildman–Crippen MR) is 61.2 cm³/mol. The van der Waals surface area contributed by atoms with Crippen LogP contribution in [0.4, 0.5) is 0 Å². The quantitative estimate of drug-likeness (QED) is 0.433. The molecule has 0 saturated heterocycles. The lowest BCUT2D eigenvalue weighted by Gasteiger charge is -2.03. The molecule has 1 aromatic rings. The van der Waals surface area contributed by atoms with Crippen LogP contribution in [0, 0.1) is 0 Å². The van der Waals surface area contributed by atoms with E-state index in [9.17, 15) is 4.79 Å². The van der Waals surface area contributed by atoms with Gasteiger partial charge in [0, 0.05) is 11.4 Å². The van der Waals surface area contributed by atoms with Crippen LogP contribution in [0.15, 0.2) is 24.3 Å². The van der Waals surface area contributed by atoms with Gasteiger partial charge in [-0.1, -0.05) is 31.4 Å². The Bertz CT molecular complexity index is 306. The first-order chi connectivity index (χ1) is 7.22. The summed E-state index contributed by atoms with van der Waals surface area (Å²) in [4.78, 5) is 11.3. The Morgan fingerprint density at radius 3 is 2.53 bits per heavy atom. The van der Waals surface area contributed by atoms with Crippen LogP contribution in [0.3, 0.4) is 0 Å². The molecule has 0 aliphatic heterocycles. The molecule has 0 bridgehead atoms. The van der Waals surface area contributed by atoms with Crippen LogP contribution >= 0.6 is 11.6 Å². The largest absolute Gasteiger partial charge is 0.427 e. The fraction of sp³-hybridized carbons (Fsp3) is 0.417. The van der Waals surface area contributed by atoms with Crippen LogP contribution in [0.25, 0.3) is 0 Å². The third-order valence-corrected chi connectivity index (χ3v) is 2.28. The summed E-state index contributed by atoms with van der Waals surface area (Å²) in [6, 6.07) is 6.80. The van der Waals surface area contributed by atoms with E-state index in [0.29, 0.717) is 17.2 Å². The second-order valence-electron chi connectivity index (χ2n) is 3.39. The molecule has 0 aliphatic carbocycles. The number of carbonyl (C=O) groups excluding carboxylic acids is 1. The first-order valence-electron chi connectivity index (χ1n) is 5.18. The van der Waals surface area contributed by atoms with Crippen LogP contribution in [0.5, 0.6) is 5.75 Å². The number of ether oxygens (including phenoxy) is 1. The maximum Gasteiger partial charge on any atom is 0.311 e. The summed E-state index contributed by atoms with van der Waals surface area (Å²) in [6.07, 6.45) is 3.54. The zero-order chi connectivity index (χ0) is 11.1. The fourth-order valence-corrected chi connectivity index (χ4v) is 1.33. The molecule has 0 aromatic heterocycles. The third kappa shape index (κ3) is 4.84. The molecule has 0 heterocycles. The summed E-state index contributed by atoms with van der Waals surface area (Å²) >= 11 is 5.71. The molecule has 82 valence electrons. The standard InChI is InChI=1S/C12H15ClO2/c1-2-3-4-5-12(14)15-11-8-6-10(13)7-9-11/h6-9H,2-5H2,1H3. The minimum absolute atomic E-state index is 0.175. The number of hydrogen-bond donors (Lipinski definition) is 0. The summed E-state index contributed by atoms with van der Waals surface area (Å²) in [5.74, 6) is 0.381. The van der Waals surface area contributed by atoms with Crippen molar-refractivity contribution in [1.82, 2.24) is 0 Å². The first-order valence-corrected chi connectivity index (χ1v) is 5.56. The van der Waals surface area contributed by atoms with Gasteiger partial charge in [-0.3, -0.25) is 4.79 Å². The molecular formula is C12H15ClO2. The normalized spacial score (nSPS) is 10.0. The number of benzene rings is 1. The number of halogens is 1. The number of unbranched alkanes of at least 4 members (excludes halogenated alkanes) is 2. The topological polar surface area (TPSA) is 26.3 Å². The smallest absolute Gasteiger partial charge is 0.311 e. The van der Waals surface area contributed by atoms with Gasteiger partial charge in [0.1, 0.15) is 5.75 Å². The second kappa shape index (κ2) is 6.46. The summed E-state index contributed by atoms with van der Waals surface area (Å²) < 4.78 is 5.12. The maximum atomic E-state index is 11.3. The van der Waals surface area contributed by atoms with Crippen LogP contribution in [0.2, 0.25) is 5.02 Å². The molecule has 0 radical (unpaired) electrons. The van der Waals surface area contributed by atoms with E-state index in [1.807, 2.05) is 0 Å². The zero-order valence-corrected chi connectivity index (χ0v) is 9.59. The Kier molecular flexibility index (Phi) is 5.19. The lowest BCUT2D eigenvalue weighted by Crippen LogP contribution is -2.07. The van der Waals surface area contributed by atoms with Gasteiger partial charge in [0.25, 0.3) is 0 Å². The molecular weight excluding hydrogens is 212 g/mol. The number of rotatable bonds is 5. The van der Waals surface area contributed by atoms with E-state index in [1.165, 1.54) is 0 Å². The van der Waals surface area contributed by atoms with E-state index in [2.05, 4.69) is 6.92 Å². The molecule has 0 amide bonds. The molecule has 2 nitrogen and oxygen atoms in total. The van der Waals surface area contributed by atoms with Gasteiger partial charge < -0.3 is 4.74 Å². The van der Waals surface area contributed by atoms with Gasteiger partial charge in [0.15, 0.2) is 0 Å². The predicted octanol–water partition coefficient (Wildman–Crippen LogP) is 3.83. The molecule has 0 atom stereocenters. The lowest BCUT2D eigenvalue weighted by molar-refractivity contribution is -0.134. The monoisotopic (exact) mass is 226 g/mol. The van der Waals surface area contributed by atoms with E-state index in [1.54, 1.807) is 24.3 Å². The summed E-state index contributed by atoms with van der Waals surface area (Å²) in [6.45, 7) is 2.10.